The van der Waals surface area contributed by atoms with E-state index in [0.717, 1.165) is 62.6 Å². The van der Waals surface area contributed by atoms with E-state index in [1.165, 1.54) is 0 Å². The quantitative estimate of drug-likeness (QED) is 0.435. The van der Waals surface area contributed by atoms with Crippen LogP contribution in [0.1, 0.15) is 39.2 Å². The largest absolute Gasteiger partial charge is 0.497 e. The zero-order chi connectivity index (χ0) is 25.5. The lowest BCUT2D eigenvalue weighted by molar-refractivity contribution is 0.231. The topological polar surface area (TPSA) is 83.3 Å². The molecule has 0 unspecified atom stereocenters. The zero-order valence-electron chi connectivity index (χ0n) is 21.6. The van der Waals surface area contributed by atoms with Crippen LogP contribution >= 0.6 is 0 Å². The van der Waals surface area contributed by atoms with Crippen LogP contribution in [0.15, 0.2) is 47.8 Å². The van der Waals surface area contributed by atoms with Gasteiger partial charge in [-0.1, -0.05) is 26.0 Å². The number of rotatable bonds is 9. The molecule has 0 amide bonds. The Hall–Kier alpha value is -2.69. The van der Waals surface area contributed by atoms with E-state index >= 15 is 0 Å². The molecule has 194 valence electrons. The SMILES string of the molecule is COc1ccc(CN(C2(C)CC2)S(=O)(=O)c2cc(N3CCN(CC(C)C)CC3)c3nncn3c2)cc1. The summed E-state index contributed by atoms with van der Waals surface area (Å²) < 4.78 is 37.0. The highest BCUT2D eigenvalue weighted by Crippen LogP contribution is 2.45. The lowest BCUT2D eigenvalue weighted by atomic mass is 10.2. The van der Waals surface area contributed by atoms with Gasteiger partial charge < -0.3 is 9.64 Å². The van der Waals surface area contributed by atoms with Gasteiger partial charge in [0.15, 0.2) is 5.65 Å². The number of benzene rings is 1. The van der Waals surface area contributed by atoms with Crippen LogP contribution in [-0.2, 0) is 16.6 Å². The van der Waals surface area contributed by atoms with Crippen LogP contribution in [0, 0.1) is 5.92 Å². The molecule has 1 aromatic carbocycles. The van der Waals surface area contributed by atoms with Gasteiger partial charge in [0.2, 0.25) is 10.0 Å². The lowest BCUT2D eigenvalue weighted by Crippen LogP contribution is -2.47. The van der Waals surface area contributed by atoms with Crippen LogP contribution in [0.4, 0.5) is 5.69 Å². The third-order valence-electron chi connectivity index (χ3n) is 7.33. The average Bonchev–Trinajstić information content (AvgIpc) is 3.42. The van der Waals surface area contributed by atoms with Gasteiger partial charge in [-0.2, -0.15) is 4.31 Å². The smallest absolute Gasteiger partial charge is 0.245 e. The maximum absolute atomic E-state index is 14.1. The summed E-state index contributed by atoms with van der Waals surface area (Å²) >= 11 is 0. The number of methoxy groups -OCH3 is 1. The van der Waals surface area contributed by atoms with Gasteiger partial charge in [-0.15, -0.1) is 10.2 Å². The summed E-state index contributed by atoms with van der Waals surface area (Å²) in [6.07, 6.45) is 4.93. The van der Waals surface area contributed by atoms with Crippen molar-refractivity contribution in [1.29, 1.82) is 0 Å². The number of anilines is 1. The molecule has 1 aliphatic carbocycles. The molecule has 1 saturated heterocycles. The Labute approximate surface area is 213 Å². The minimum Gasteiger partial charge on any atom is -0.497 e. The number of nitrogens with zero attached hydrogens (tertiary/aromatic N) is 6. The molecule has 0 spiro atoms. The third-order valence-corrected chi connectivity index (χ3v) is 9.30. The molecule has 2 aliphatic rings. The Morgan fingerprint density at radius 3 is 2.42 bits per heavy atom. The van der Waals surface area contributed by atoms with Crippen LogP contribution in [0.3, 0.4) is 0 Å². The van der Waals surface area contributed by atoms with E-state index in [1.54, 1.807) is 34.4 Å². The van der Waals surface area contributed by atoms with Gasteiger partial charge in [0, 0.05) is 51.0 Å². The molecular weight excluding hydrogens is 476 g/mol. The Balaban J connectivity index is 1.47. The molecule has 2 fully saturated rings. The van der Waals surface area contributed by atoms with Crippen molar-refractivity contribution < 1.29 is 13.2 Å². The van der Waals surface area contributed by atoms with Crippen LogP contribution in [0.25, 0.3) is 5.65 Å². The van der Waals surface area contributed by atoms with Crippen molar-refractivity contribution in [3.8, 4) is 5.75 Å². The molecule has 10 heteroatoms. The predicted molar refractivity (Wildman–Crippen MR) is 140 cm³/mol. The number of sulfonamides is 1. The summed E-state index contributed by atoms with van der Waals surface area (Å²) in [5, 5.41) is 8.39. The second kappa shape index (κ2) is 9.64. The van der Waals surface area contributed by atoms with Gasteiger partial charge in [-0.05, 0) is 49.4 Å². The average molecular weight is 513 g/mol. The van der Waals surface area contributed by atoms with Gasteiger partial charge in [-0.3, -0.25) is 9.30 Å². The summed E-state index contributed by atoms with van der Waals surface area (Å²) in [5.41, 5.74) is 2.05. The van der Waals surface area contributed by atoms with E-state index in [9.17, 15) is 8.42 Å². The molecule has 0 bridgehead atoms. The summed E-state index contributed by atoms with van der Waals surface area (Å²) in [6, 6.07) is 9.39. The monoisotopic (exact) mass is 512 g/mol. The summed E-state index contributed by atoms with van der Waals surface area (Å²) in [6.45, 7) is 11.4. The first-order chi connectivity index (χ1) is 17.2. The van der Waals surface area contributed by atoms with Gasteiger partial charge in [0.1, 0.15) is 17.0 Å². The third kappa shape index (κ3) is 4.94. The van der Waals surface area contributed by atoms with Crippen LogP contribution in [0.5, 0.6) is 5.75 Å². The number of hydrogen-bond donors (Lipinski definition) is 0. The number of ether oxygens (including phenoxy) is 1. The summed E-state index contributed by atoms with van der Waals surface area (Å²) in [7, 11) is -2.15. The number of hydrogen-bond acceptors (Lipinski definition) is 7. The van der Waals surface area contributed by atoms with Crippen LogP contribution in [-0.4, -0.2) is 77.6 Å². The van der Waals surface area contributed by atoms with Gasteiger partial charge in [0.25, 0.3) is 0 Å². The molecule has 0 N–H and O–H groups in total. The molecule has 0 radical (unpaired) electrons. The minimum absolute atomic E-state index is 0.274. The highest BCUT2D eigenvalue weighted by atomic mass is 32.2. The highest BCUT2D eigenvalue weighted by molar-refractivity contribution is 7.89. The Bertz CT molecular complexity index is 1310. The van der Waals surface area contributed by atoms with Gasteiger partial charge >= 0.3 is 0 Å². The Morgan fingerprint density at radius 1 is 1.11 bits per heavy atom. The number of fused-ring (bicyclic) bond motifs is 1. The molecule has 3 aromatic rings. The van der Waals surface area contributed by atoms with Crippen molar-refractivity contribution in [2.75, 3.05) is 44.7 Å². The minimum atomic E-state index is -3.78. The van der Waals surface area contributed by atoms with Crippen molar-refractivity contribution in [3.63, 3.8) is 0 Å². The van der Waals surface area contributed by atoms with Crippen molar-refractivity contribution in [1.82, 2.24) is 23.8 Å². The van der Waals surface area contributed by atoms with E-state index in [4.69, 9.17) is 4.74 Å². The molecule has 5 rings (SSSR count). The van der Waals surface area contributed by atoms with Crippen molar-refractivity contribution >= 4 is 21.4 Å². The Kier molecular flexibility index (Phi) is 6.69. The second-order valence-electron chi connectivity index (χ2n) is 10.7. The first-order valence-corrected chi connectivity index (χ1v) is 14.1. The first kappa shape index (κ1) is 25.0. The summed E-state index contributed by atoms with van der Waals surface area (Å²) in [4.78, 5) is 4.98. The molecule has 1 aliphatic heterocycles. The van der Waals surface area contributed by atoms with Crippen molar-refractivity contribution in [2.24, 2.45) is 5.92 Å². The van der Waals surface area contributed by atoms with Gasteiger partial charge in [0.05, 0.1) is 12.8 Å². The molecule has 36 heavy (non-hydrogen) atoms. The van der Waals surface area contributed by atoms with Crippen LogP contribution < -0.4 is 9.64 Å². The van der Waals surface area contributed by atoms with E-state index < -0.39 is 10.0 Å². The van der Waals surface area contributed by atoms with E-state index in [-0.39, 0.29) is 10.4 Å². The fraction of sp³-hybridized carbons (Fsp3) is 0.538. The molecule has 3 heterocycles. The van der Waals surface area contributed by atoms with Crippen molar-refractivity contribution in [2.45, 2.75) is 50.6 Å². The van der Waals surface area contributed by atoms with Gasteiger partial charge in [-0.25, -0.2) is 8.42 Å². The normalized spacial score (nSPS) is 18.3. The number of aromatic nitrogens is 3. The predicted octanol–water partition coefficient (Wildman–Crippen LogP) is 3.26. The standard InChI is InChI=1S/C26H36N6O3S/c1-20(2)16-29-11-13-30(14-12-29)24-15-23(18-31-19-27-28-25(24)31)36(33,34)32(26(3)9-10-26)17-21-5-7-22(35-4)8-6-21/h5-8,15,18-20H,9-14,16-17H2,1-4H3. The Morgan fingerprint density at radius 2 is 1.81 bits per heavy atom. The maximum Gasteiger partial charge on any atom is 0.245 e. The highest BCUT2D eigenvalue weighted by Gasteiger charge is 2.49. The molecule has 1 saturated carbocycles. The molecule has 9 nitrogen and oxygen atoms in total. The van der Waals surface area contributed by atoms with E-state index in [1.807, 2.05) is 31.2 Å². The molecular formula is C26H36N6O3S. The number of pyridine rings is 1. The first-order valence-electron chi connectivity index (χ1n) is 12.7. The lowest BCUT2D eigenvalue weighted by Gasteiger charge is -2.37. The zero-order valence-corrected chi connectivity index (χ0v) is 22.4. The summed E-state index contributed by atoms with van der Waals surface area (Å²) in [5.74, 6) is 1.37. The second-order valence-corrected chi connectivity index (χ2v) is 12.5. The fourth-order valence-electron chi connectivity index (χ4n) is 4.98. The van der Waals surface area contributed by atoms with Crippen molar-refractivity contribution in [3.05, 3.63) is 48.4 Å². The van der Waals surface area contributed by atoms with E-state index in [2.05, 4.69) is 33.8 Å². The number of piperazine rings is 1. The fourth-order valence-corrected chi connectivity index (χ4v) is 6.82. The van der Waals surface area contributed by atoms with Crippen LogP contribution in [0.2, 0.25) is 0 Å². The molecule has 0 atom stereocenters. The maximum atomic E-state index is 14.1. The van der Waals surface area contributed by atoms with E-state index in [0.29, 0.717) is 18.1 Å². The molecule has 2 aromatic heterocycles.